The SMILES string of the molecule is Cc1cccc(C)c1-c1cccc(C(CC(=O)O)NC(=O)Nc2c(O)ccn(C)c2=O)c1. The van der Waals surface area contributed by atoms with Crippen molar-refractivity contribution in [3.63, 3.8) is 0 Å². The zero-order valence-electron chi connectivity index (χ0n) is 18.0. The Bertz CT molecular complexity index is 1210. The number of hydrogen-bond acceptors (Lipinski definition) is 4. The van der Waals surface area contributed by atoms with Crippen LogP contribution in [0.5, 0.6) is 5.75 Å². The van der Waals surface area contributed by atoms with Gasteiger partial charge in [0.05, 0.1) is 12.5 Å². The maximum absolute atomic E-state index is 12.6. The number of aryl methyl sites for hydroxylation is 3. The first kappa shape index (κ1) is 22.6. The Balaban J connectivity index is 1.91. The van der Waals surface area contributed by atoms with Crippen LogP contribution in [0.25, 0.3) is 11.1 Å². The number of aromatic hydroxyl groups is 1. The van der Waals surface area contributed by atoms with Crippen LogP contribution in [0.2, 0.25) is 0 Å². The van der Waals surface area contributed by atoms with Crippen molar-refractivity contribution in [1.29, 1.82) is 0 Å². The van der Waals surface area contributed by atoms with Crippen molar-refractivity contribution in [3.8, 4) is 16.9 Å². The van der Waals surface area contributed by atoms with Crippen molar-refractivity contribution in [1.82, 2.24) is 9.88 Å². The number of amides is 2. The third-order valence-electron chi connectivity index (χ3n) is 5.23. The summed E-state index contributed by atoms with van der Waals surface area (Å²) in [7, 11) is 1.48. The molecule has 2 aromatic carbocycles. The first-order chi connectivity index (χ1) is 15.2. The smallest absolute Gasteiger partial charge is 0.319 e. The van der Waals surface area contributed by atoms with Gasteiger partial charge < -0.3 is 25.4 Å². The summed E-state index contributed by atoms with van der Waals surface area (Å²) in [6, 6.07) is 12.9. The van der Waals surface area contributed by atoms with Crippen LogP contribution in [-0.2, 0) is 11.8 Å². The predicted molar refractivity (Wildman–Crippen MR) is 122 cm³/mol. The van der Waals surface area contributed by atoms with Gasteiger partial charge in [-0.05, 0) is 53.8 Å². The van der Waals surface area contributed by atoms with Crippen molar-refractivity contribution in [2.24, 2.45) is 7.05 Å². The average molecular weight is 435 g/mol. The highest BCUT2D eigenvalue weighted by atomic mass is 16.4. The number of aliphatic carboxylic acids is 1. The summed E-state index contributed by atoms with van der Waals surface area (Å²) in [5, 5.41) is 24.2. The lowest BCUT2D eigenvalue weighted by molar-refractivity contribution is -0.137. The van der Waals surface area contributed by atoms with E-state index in [1.165, 1.54) is 23.9 Å². The van der Waals surface area contributed by atoms with E-state index < -0.39 is 23.6 Å². The van der Waals surface area contributed by atoms with Gasteiger partial charge in [0.25, 0.3) is 5.56 Å². The maximum atomic E-state index is 12.6. The number of urea groups is 1. The quantitative estimate of drug-likeness (QED) is 0.470. The van der Waals surface area contributed by atoms with Gasteiger partial charge in [0, 0.05) is 13.2 Å². The van der Waals surface area contributed by atoms with Gasteiger partial charge in [-0.25, -0.2) is 4.79 Å². The lowest BCUT2D eigenvalue weighted by atomic mass is 9.93. The molecule has 1 heterocycles. The first-order valence-corrected chi connectivity index (χ1v) is 10.0. The van der Waals surface area contributed by atoms with Crippen LogP contribution in [-0.4, -0.2) is 26.8 Å². The molecule has 166 valence electrons. The molecular formula is C24H25N3O5. The summed E-state index contributed by atoms with van der Waals surface area (Å²) in [4.78, 5) is 36.2. The van der Waals surface area contributed by atoms with Crippen molar-refractivity contribution >= 4 is 17.7 Å². The average Bonchev–Trinajstić information content (AvgIpc) is 2.73. The molecule has 0 aliphatic heterocycles. The van der Waals surface area contributed by atoms with E-state index in [1.807, 2.05) is 50.2 Å². The minimum Gasteiger partial charge on any atom is -0.505 e. The van der Waals surface area contributed by atoms with Crippen molar-refractivity contribution in [2.75, 3.05) is 5.32 Å². The van der Waals surface area contributed by atoms with Gasteiger partial charge >= 0.3 is 12.0 Å². The van der Waals surface area contributed by atoms with E-state index in [4.69, 9.17) is 0 Å². The van der Waals surface area contributed by atoms with Gasteiger partial charge in [-0.3, -0.25) is 9.59 Å². The predicted octanol–water partition coefficient (Wildman–Crippen LogP) is 3.71. The fraction of sp³-hybridized carbons (Fsp3) is 0.208. The molecule has 0 saturated heterocycles. The van der Waals surface area contributed by atoms with Crippen LogP contribution in [0.1, 0.15) is 29.2 Å². The van der Waals surface area contributed by atoms with E-state index in [-0.39, 0.29) is 17.9 Å². The lowest BCUT2D eigenvalue weighted by Crippen LogP contribution is -2.36. The second kappa shape index (κ2) is 9.38. The molecule has 1 aromatic heterocycles. The number of nitrogens with zero attached hydrogens (tertiary/aromatic N) is 1. The van der Waals surface area contributed by atoms with Gasteiger partial charge in [-0.15, -0.1) is 0 Å². The number of carboxylic acids is 1. The molecule has 8 nitrogen and oxygen atoms in total. The summed E-state index contributed by atoms with van der Waals surface area (Å²) >= 11 is 0. The number of carboxylic acid groups (broad SMARTS) is 1. The Morgan fingerprint density at radius 2 is 1.72 bits per heavy atom. The van der Waals surface area contributed by atoms with Gasteiger partial charge in [0.15, 0.2) is 5.69 Å². The number of carbonyl (C=O) groups excluding carboxylic acids is 1. The Labute approximate surface area is 185 Å². The molecule has 3 aromatic rings. The maximum Gasteiger partial charge on any atom is 0.319 e. The van der Waals surface area contributed by atoms with Crippen LogP contribution in [0.15, 0.2) is 59.5 Å². The van der Waals surface area contributed by atoms with Crippen LogP contribution >= 0.6 is 0 Å². The van der Waals surface area contributed by atoms with Crippen molar-refractivity contribution in [2.45, 2.75) is 26.3 Å². The van der Waals surface area contributed by atoms with Crippen LogP contribution in [0.3, 0.4) is 0 Å². The van der Waals surface area contributed by atoms with Crippen LogP contribution < -0.4 is 16.2 Å². The van der Waals surface area contributed by atoms with E-state index in [0.717, 1.165) is 22.3 Å². The molecule has 4 N–H and O–H groups in total. The largest absolute Gasteiger partial charge is 0.505 e. The Kier molecular flexibility index (Phi) is 6.63. The molecule has 2 amide bonds. The number of rotatable bonds is 6. The second-order valence-corrected chi connectivity index (χ2v) is 7.63. The molecular weight excluding hydrogens is 410 g/mol. The van der Waals surface area contributed by atoms with E-state index >= 15 is 0 Å². The molecule has 0 aliphatic rings. The fourth-order valence-corrected chi connectivity index (χ4v) is 3.65. The van der Waals surface area contributed by atoms with Crippen LogP contribution in [0, 0.1) is 13.8 Å². The van der Waals surface area contributed by atoms with Crippen molar-refractivity contribution in [3.05, 3.63) is 81.8 Å². The summed E-state index contributed by atoms with van der Waals surface area (Å²) in [6.45, 7) is 4.00. The fourth-order valence-electron chi connectivity index (χ4n) is 3.65. The highest BCUT2D eigenvalue weighted by Crippen LogP contribution is 2.30. The number of pyridine rings is 1. The molecule has 1 unspecified atom stereocenters. The van der Waals surface area contributed by atoms with Crippen LogP contribution in [0.4, 0.5) is 10.5 Å². The van der Waals surface area contributed by atoms with Gasteiger partial charge in [0.2, 0.25) is 0 Å². The first-order valence-electron chi connectivity index (χ1n) is 10.0. The number of hydrogen-bond donors (Lipinski definition) is 4. The molecule has 0 radical (unpaired) electrons. The number of nitrogens with one attached hydrogen (secondary N) is 2. The minimum absolute atomic E-state index is 0.286. The zero-order chi connectivity index (χ0) is 23.4. The Morgan fingerprint density at radius 1 is 1.06 bits per heavy atom. The zero-order valence-corrected chi connectivity index (χ0v) is 18.0. The summed E-state index contributed by atoms with van der Waals surface area (Å²) in [5.41, 5.74) is 3.85. The summed E-state index contributed by atoms with van der Waals surface area (Å²) in [5.74, 6) is -1.47. The number of carbonyl (C=O) groups is 2. The normalized spacial score (nSPS) is 11.6. The molecule has 0 fully saturated rings. The molecule has 0 saturated carbocycles. The summed E-state index contributed by atoms with van der Waals surface area (Å²) < 4.78 is 1.21. The third kappa shape index (κ3) is 4.97. The van der Waals surface area contributed by atoms with Gasteiger partial charge in [-0.2, -0.15) is 0 Å². The van der Waals surface area contributed by atoms with E-state index in [1.54, 1.807) is 6.07 Å². The molecule has 1 atom stereocenters. The van der Waals surface area contributed by atoms with Crippen molar-refractivity contribution < 1.29 is 19.8 Å². The lowest BCUT2D eigenvalue weighted by Gasteiger charge is -2.20. The standard InChI is InChI=1S/C24H25N3O5/c1-14-6-4-7-15(2)21(14)17-9-5-8-16(12-17)18(13-20(29)30)25-24(32)26-22-19(28)10-11-27(3)23(22)31/h4-12,18,28H,13H2,1-3H3,(H,29,30)(H2,25,26,32). The Morgan fingerprint density at radius 3 is 2.38 bits per heavy atom. The highest BCUT2D eigenvalue weighted by Gasteiger charge is 2.21. The van der Waals surface area contributed by atoms with E-state index in [9.17, 15) is 24.6 Å². The molecule has 3 rings (SSSR count). The van der Waals surface area contributed by atoms with Gasteiger partial charge in [0.1, 0.15) is 5.75 Å². The number of aromatic nitrogens is 1. The highest BCUT2D eigenvalue weighted by molar-refractivity contribution is 5.91. The molecule has 0 bridgehead atoms. The van der Waals surface area contributed by atoms with E-state index in [2.05, 4.69) is 10.6 Å². The minimum atomic E-state index is -1.09. The molecule has 0 aliphatic carbocycles. The van der Waals surface area contributed by atoms with Gasteiger partial charge in [-0.1, -0.05) is 36.4 Å². The second-order valence-electron chi connectivity index (χ2n) is 7.63. The topological polar surface area (TPSA) is 121 Å². The molecule has 8 heteroatoms. The monoisotopic (exact) mass is 435 g/mol. The molecule has 32 heavy (non-hydrogen) atoms. The Hall–Kier alpha value is -4.07. The number of benzene rings is 2. The molecule has 0 spiro atoms. The third-order valence-corrected chi connectivity index (χ3v) is 5.23. The summed E-state index contributed by atoms with van der Waals surface area (Å²) in [6.07, 6.45) is 1.01. The number of anilines is 1. The van der Waals surface area contributed by atoms with E-state index in [0.29, 0.717) is 5.56 Å².